The molecule has 1 fully saturated rings. The summed E-state index contributed by atoms with van der Waals surface area (Å²) in [6.45, 7) is 10.1. The van der Waals surface area contributed by atoms with E-state index in [1.165, 1.54) is 0 Å². The van der Waals surface area contributed by atoms with E-state index in [1.807, 2.05) is 50.8 Å². The second-order valence-electron chi connectivity index (χ2n) is 8.11. The number of aryl methyl sites for hydroxylation is 1. The molecule has 3 rings (SSSR count). The highest BCUT2D eigenvalue weighted by atomic mass is 16.3. The standard InChI is InChI=1S/C20H28N4O3/c1-14-21-16-12-15(6-7-17(16)27-14)13-18(25)23-8-5-9-24(11-10-23)19(26)22-20(2,3)4/h6-7,12H,5,8-11,13H2,1-4H3,(H,22,26). The van der Waals surface area contributed by atoms with Gasteiger partial charge in [-0.1, -0.05) is 6.07 Å². The van der Waals surface area contributed by atoms with E-state index >= 15 is 0 Å². The predicted molar refractivity (Wildman–Crippen MR) is 104 cm³/mol. The van der Waals surface area contributed by atoms with E-state index < -0.39 is 0 Å². The van der Waals surface area contributed by atoms with Gasteiger partial charge in [0.15, 0.2) is 11.5 Å². The van der Waals surface area contributed by atoms with Gasteiger partial charge in [-0.25, -0.2) is 9.78 Å². The number of benzene rings is 1. The normalized spacial score (nSPS) is 15.7. The van der Waals surface area contributed by atoms with Gasteiger partial charge in [0.1, 0.15) is 5.52 Å². The van der Waals surface area contributed by atoms with E-state index in [1.54, 1.807) is 4.90 Å². The van der Waals surface area contributed by atoms with Crippen LogP contribution >= 0.6 is 0 Å². The predicted octanol–water partition coefficient (Wildman–Crippen LogP) is 2.72. The zero-order chi connectivity index (χ0) is 19.6. The van der Waals surface area contributed by atoms with Crippen LogP contribution in [0.15, 0.2) is 22.6 Å². The molecule has 1 aliphatic heterocycles. The number of carbonyl (C=O) groups excluding carboxylic acids is 2. The van der Waals surface area contributed by atoms with Gasteiger partial charge >= 0.3 is 6.03 Å². The summed E-state index contributed by atoms with van der Waals surface area (Å²) in [7, 11) is 0. The van der Waals surface area contributed by atoms with E-state index in [0.29, 0.717) is 38.5 Å². The molecule has 1 aromatic carbocycles. The van der Waals surface area contributed by atoms with Crippen molar-refractivity contribution in [3.05, 3.63) is 29.7 Å². The Morgan fingerprint density at radius 3 is 2.59 bits per heavy atom. The van der Waals surface area contributed by atoms with Crippen LogP contribution < -0.4 is 5.32 Å². The van der Waals surface area contributed by atoms with Crippen molar-refractivity contribution in [3.63, 3.8) is 0 Å². The van der Waals surface area contributed by atoms with Crippen LogP contribution in [0, 0.1) is 6.92 Å². The molecule has 7 heteroatoms. The van der Waals surface area contributed by atoms with Crippen molar-refractivity contribution in [1.29, 1.82) is 0 Å². The molecule has 0 bridgehead atoms. The van der Waals surface area contributed by atoms with Crippen molar-refractivity contribution < 1.29 is 14.0 Å². The number of amides is 3. The van der Waals surface area contributed by atoms with Crippen LogP contribution in [0.3, 0.4) is 0 Å². The molecule has 3 amide bonds. The number of carbonyl (C=O) groups is 2. The number of aromatic nitrogens is 1. The highest BCUT2D eigenvalue weighted by Crippen LogP contribution is 2.18. The number of fused-ring (bicyclic) bond motifs is 1. The summed E-state index contributed by atoms with van der Waals surface area (Å²) >= 11 is 0. The van der Waals surface area contributed by atoms with Crippen LogP contribution in [0.25, 0.3) is 11.1 Å². The zero-order valence-corrected chi connectivity index (χ0v) is 16.5. The Labute approximate surface area is 159 Å². The maximum absolute atomic E-state index is 12.7. The molecule has 0 atom stereocenters. The third-order valence-corrected chi connectivity index (χ3v) is 4.53. The molecule has 146 valence electrons. The molecule has 0 saturated carbocycles. The first-order valence-electron chi connectivity index (χ1n) is 9.42. The Bertz CT molecular complexity index is 837. The van der Waals surface area contributed by atoms with E-state index in [-0.39, 0.29) is 17.5 Å². The molecular weight excluding hydrogens is 344 g/mol. The van der Waals surface area contributed by atoms with Gasteiger partial charge in [0, 0.05) is 38.6 Å². The Hall–Kier alpha value is -2.57. The van der Waals surface area contributed by atoms with Crippen molar-refractivity contribution >= 4 is 23.0 Å². The number of hydrogen-bond acceptors (Lipinski definition) is 4. The van der Waals surface area contributed by atoms with Gasteiger partial charge < -0.3 is 19.5 Å². The van der Waals surface area contributed by atoms with E-state index in [9.17, 15) is 9.59 Å². The lowest BCUT2D eigenvalue weighted by molar-refractivity contribution is -0.130. The smallest absolute Gasteiger partial charge is 0.317 e. The lowest BCUT2D eigenvalue weighted by Crippen LogP contribution is -2.49. The van der Waals surface area contributed by atoms with Gasteiger partial charge in [-0.3, -0.25) is 4.79 Å². The Morgan fingerprint density at radius 1 is 1.15 bits per heavy atom. The van der Waals surface area contributed by atoms with Gasteiger partial charge in [0.25, 0.3) is 0 Å². The lowest BCUT2D eigenvalue weighted by atomic mass is 10.1. The molecule has 7 nitrogen and oxygen atoms in total. The molecule has 2 heterocycles. The fourth-order valence-electron chi connectivity index (χ4n) is 3.25. The number of oxazole rings is 1. The summed E-state index contributed by atoms with van der Waals surface area (Å²) in [4.78, 5) is 33.1. The zero-order valence-electron chi connectivity index (χ0n) is 16.5. The molecule has 2 aromatic rings. The van der Waals surface area contributed by atoms with E-state index in [0.717, 1.165) is 23.1 Å². The summed E-state index contributed by atoms with van der Waals surface area (Å²) in [5, 5.41) is 2.99. The largest absolute Gasteiger partial charge is 0.441 e. The molecule has 1 N–H and O–H groups in total. The Kier molecular flexibility index (Phi) is 5.39. The van der Waals surface area contributed by atoms with Gasteiger partial charge in [-0.2, -0.15) is 0 Å². The molecule has 1 aromatic heterocycles. The minimum atomic E-state index is -0.267. The minimum absolute atomic E-state index is 0.0661. The first kappa shape index (κ1) is 19.2. The second-order valence-corrected chi connectivity index (χ2v) is 8.11. The van der Waals surface area contributed by atoms with Crippen molar-refractivity contribution in [2.75, 3.05) is 26.2 Å². The maximum Gasteiger partial charge on any atom is 0.317 e. The number of nitrogens with one attached hydrogen (secondary N) is 1. The summed E-state index contributed by atoms with van der Waals surface area (Å²) in [5.41, 5.74) is 2.17. The number of nitrogens with zero attached hydrogens (tertiary/aromatic N) is 3. The first-order chi connectivity index (χ1) is 12.7. The lowest BCUT2D eigenvalue weighted by Gasteiger charge is -2.27. The van der Waals surface area contributed by atoms with Crippen LogP contribution in [0.2, 0.25) is 0 Å². The summed E-state index contributed by atoms with van der Waals surface area (Å²) in [5.74, 6) is 0.697. The third-order valence-electron chi connectivity index (χ3n) is 4.53. The molecule has 1 aliphatic rings. The van der Waals surface area contributed by atoms with Gasteiger partial charge in [-0.05, 0) is 44.9 Å². The summed E-state index contributed by atoms with van der Waals surface area (Å²) in [6.07, 6.45) is 1.11. The molecule has 0 unspecified atom stereocenters. The van der Waals surface area contributed by atoms with E-state index in [2.05, 4.69) is 10.3 Å². The quantitative estimate of drug-likeness (QED) is 0.879. The van der Waals surface area contributed by atoms with E-state index in [4.69, 9.17) is 4.42 Å². The minimum Gasteiger partial charge on any atom is -0.441 e. The third kappa shape index (κ3) is 4.99. The summed E-state index contributed by atoms with van der Waals surface area (Å²) < 4.78 is 5.48. The SMILES string of the molecule is Cc1nc2cc(CC(=O)N3CCCN(C(=O)NC(C)(C)C)CC3)ccc2o1. The van der Waals surface area contributed by atoms with Crippen LogP contribution in [-0.4, -0.2) is 58.4 Å². The highest BCUT2D eigenvalue weighted by Gasteiger charge is 2.24. The monoisotopic (exact) mass is 372 g/mol. The van der Waals surface area contributed by atoms with Crippen molar-refractivity contribution in [3.8, 4) is 0 Å². The number of urea groups is 1. The highest BCUT2D eigenvalue weighted by molar-refractivity contribution is 5.81. The Morgan fingerprint density at radius 2 is 1.85 bits per heavy atom. The van der Waals surface area contributed by atoms with Gasteiger partial charge in [-0.15, -0.1) is 0 Å². The maximum atomic E-state index is 12.7. The van der Waals surface area contributed by atoms with Gasteiger partial charge in [0.05, 0.1) is 6.42 Å². The molecule has 1 saturated heterocycles. The van der Waals surface area contributed by atoms with Crippen molar-refractivity contribution in [1.82, 2.24) is 20.1 Å². The van der Waals surface area contributed by atoms with Crippen molar-refractivity contribution in [2.45, 2.75) is 46.1 Å². The average molecular weight is 372 g/mol. The molecule has 0 radical (unpaired) electrons. The van der Waals surface area contributed by atoms with Crippen LogP contribution in [0.5, 0.6) is 0 Å². The Balaban J connectivity index is 1.59. The molecule has 27 heavy (non-hydrogen) atoms. The second kappa shape index (κ2) is 7.58. The molecule has 0 spiro atoms. The molecule has 0 aliphatic carbocycles. The first-order valence-corrected chi connectivity index (χ1v) is 9.42. The fraction of sp³-hybridized carbons (Fsp3) is 0.550. The summed E-state index contributed by atoms with van der Waals surface area (Å²) in [6, 6.07) is 5.61. The van der Waals surface area contributed by atoms with Crippen LogP contribution in [-0.2, 0) is 11.2 Å². The topological polar surface area (TPSA) is 78.7 Å². The molecular formula is C20H28N4O3. The average Bonchev–Trinajstić information content (AvgIpc) is 2.78. The van der Waals surface area contributed by atoms with Crippen molar-refractivity contribution in [2.24, 2.45) is 0 Å². The van der Waals surface area contributed by atoms with Crippen LogP contribution in [0.1, 0.15) is 38.6 Å². The van der Waals surface area contributed by atoms with Gasteiger partial charge in [0.2, 0.25) is 5.91 Å². The number of hydrogen-bond donors (Lipinski definition) is 1. The van der Waals surface area contributed by atoms with Crippen LogP contribution in [0.4, 0.5) is 4.79 Å². The number of rotatable bonds is 2. The fourth-order valence-corrected chi connectivity index (χ4v) is 3.25.